The molecule has 2 aromatic carbocycles. The van der Waals surface area contributed by atoms with Gasteiger partial charge in [0.2, 0.25) is 5.91 Å². The standard InChI is InChI=1S/C24H26FNO4S/c1-15-21(10-16-4-7-19(8-5-16)31(3)29)20-9-6-17(25)11-23(20)22(15)12-24(28)26-13-18(27)14-30-2/h4-11,18,27H,12-14H2,1-3H3,(H,26,28). The number of hydrogen-bond donors (Lipinski definition) is 2. The number of aliphatic hydroxyl groups is 1. The first-order valence-corrected chi connectivity index (χ1v) is 11.4. The van der Waals surface area contributed by atoms with Gasteiger partial charge in [0, 0.05) is 35.6 Å². The normalized spacial score (nSPS) is 16.4. The van der Waals surface area contributed by atoms with E-state index in [9.17, 15) is 18.5 Å². The summed E-state index contributed by atoms with van der Waals surface area (Å²) < 4.78 is 30.5. The minimum Gasteiger partial charge on any atom is -0.389 e. The van der Waals surface area contributed by atoms with Crippen LogP contribution in [0.2, 0.25) is 0 Å². The lowest BCUT2D eigenvalue weighted by atomic mass is 10.0. The van der Waals surface area contributed by atoms with Crippen molar-refractivity contribution in [2.45, 2.75) is 24.3 Å². The van der Waals surface area contributed by atoms with Crippen molar-refractivity contribution in [1.29, 1.82) is 0 Å². The van der Waals surface area contributed by atoms with Gasteiger partial charge in [-0.2, -0.15) is 0 Å². The average molecular weight is 444 g/mol. The maximum atomic E-state index is 14.0. The van der Waals surface area contributed by atoms with Crippen LogP contribution in [0.5, 0.6) is 0 Å². The molecule has 31 heavy (non-hydrogen) atoms. The van der Waals surface area contributed by atoms with Crippen LogP contribution in [-0.2, 0) is 20.3 Å². The molecule has 0 heterocycles. The van der Waals surface area contributed by atoms with Crippen molar-refractivity contribution < 1.29 is 23.2 Å². The Morgan fingerprint density at radius 1 is 1.23 bits per heavy atom. The van der Waals surface area contributed by atoms with E-state index in [1.807, 2.05) is 37.3 Å². The molecule has 3 rings (SSSR count). The van der Waals surface area contributed by atoms with Gasteiger partial charge in [-0.15, -0.1) is 0 Å². The Labute approximate surface area is 184 Å². The van der Waals surface area contributed by atoms with Crippen molar-refractivity contribution >= 4 is 33.9 Å². The van der Waals surface area contributed by atoms with Crippen LogP contribution in [0.15, 0.2) is 52.9 Å². The van der Waals surface area contributed by atoms with Gasteiger partial charge in [-0.25, -0.2) is 4.39 Å². The zero-order valence-electron chi connectivity index (χ0n) is 17.8. The van der Waals surface area contributed by atoms with Gasteiger partial charge in [0.05, 0.1) is 19.1 Å². The second-order valence-corrected chi connectivity index (χ2v) is 8.84. The number of carbonyl (C=O) groups excluding carboxylic acids is 1. The smallest absolute Gasteiger partial charge is 0.224 e. The van der Waals surface area contributed by atoms with Gasteiger partial charge in [-0.05, 0) is 70.7 Å². The van der Waals surface area contributed by atoms with Crippen molar-refractivity contribution in [2.75, 3.05) is 26.5 Å². The molecule has 2 aromatic rings. The van der Waals surface area contributed by atoms with E-state index in [1.165, 1.54) is 19.2 Å². The number of fused-ring (bicyclic) bond motifs is 1. The van der Waals surface area contributed by atoms with Crippen LogP contribution in [0.3, 0.4) is 0 Å². The number of ether oxygens (including phenoxy) is 1. The number of amides is 1. The molecule has 0 spiro atoms. The average Bonchev–Trinajstić information content (AvgIpc) is 2.98. The van der Waals surface area contributed by atoms with E-state index in [1.54, 1.807) is 12.3 Å². The monoisotopic (exact) mass is 443 g/mol. The second kappa shape index (κ2) is 10.1. The van der Waals surface area contributed by atoms with Gasteiger partial charge in [-0.3, -0.25) is 9.00 Å². The van der Waals surface area contributed by atoms with E-state index >= 15 is 0 Å². The molecular formula is C24H26FNO4S. The number of benzene rings is 2. The van der Waals surface area contributed by atoms with Crippen LogP contribution in [-0.4, -0.2) is 47.8 Å². The summed E-state index contributed by atoms with van der Waals surface area (Å²) in [6.07, 6.45) is 2.91. The maximum Gasteiger partial charge on any atom is 0.224 e. The van der Waals surface area contributed by atoms with Crippen molar-refractivity contribution in [3.8, 4) is 0 Å². The molecule has 0 saturated carbocycles. The van der Waals surface area contributed by atoms with Gasteiger partial charge >= 0.3 is 0 Å². The molecule has 2 unspecified atom stereocenters. The molecule has 7 heteroatoms. The molecule has 0 radical (unpaired) electrons. The topological polar surface area (TPSA) is 75.6 Å². The van der Waals surface area contributed by atoms with Gasteiger partial charge in [0.1, 0.15) is 5.82 Å². The number of aliphatic hydroxyl groups excluding tert-OH is 1. The lowest BCUT2D eigenvalue weighted by molar-refractivity contribution is -0.120. The summed E-state index contributed by atoms with van der Waals surface area (Å²) in [7, 11) is 0.430. The second-order valence-electron chi connectivity index (χ2n) is 7.46. The third kappa shape index (κ3) is 5.55. The van der Waals surface area contributed by atoms with Crippen LogP contribution in [0.1, 0.15) is 30.0 Å². The fraction of sp³-hybridized carbons (Fsp3) is 0.292. The first-order valence-electron chi connectivity index (χ1n) is 9.89. The van der Waals surface area contributed by atoms with Crippen LogP contribution in [0, 0.1) is 5.82 Å². The Kier molecular flexibility index (Phi) is 7.54. The molecule has 2 atom stereocenters. The molecule has 2 N–H and O–H groups in total. The number of methoxy groups -OCH3 is 1. The highest BCUT2D eigenvalue weighted by Crippen LogP contribution is 2.43. The molecule has 0 aromatic heterocycles. The molecule has 1 aliphatic carbocycles. The van der Waals surface area contributed by atoms with E-state index in [2.05, 4.69) is 5.32 Å². The van der Waals surface area contributed by atoms with Crippen LogP contribution >= 0.6 is 0 Å². The Hall–Kier alpha value is -2.61. The zero-order chi connectivity index (χ0) is 22.5. The molecule has 0 fully saturated rings. The highest BCUT2D eigenvalue weighted by Gasteiger charge is 2.26. The number of allylic oxidation sites excluding steroid dienone is 2. The molecule has 164 valence electrons. The minimum absolute atomic E-state index is 0.0765. The fourth-order valence-corrected chi connectivity index (χ4v) is 4.13. The number of nitrogens with one attached hydrogen (secondary N) is 1. The number of hydrogen-bond acceptors (Lipinski definition) is 4. The van der Waals surface area contributed by atoms with E-state index in [4.69, 9.17) is 4.74 Å². The third-order valence-electron chi connectivity index (χ3n) is 5.21. The summed E-state index contributed by atoms with van der Waals surface area (Å²) >= 11 is 0. The summed E-state index contributed by atoms with van der Waals surface area (Å²) in [5, 5.41) is 12.4. The molecule has 5 nitrogen and oxygen atoms in total. The maximum absolute atomic E-state index is 14.0. The SMILES string of the molecule is COCC(O)CNC(=O)CC1=C(C)C(=Cc2ccc(S(C)=O)cc2)c2ccc(F)cc21. The molecule has 0 bridgehead atoms. The first kappa shape index (κ1) is 23.1. The highest BCUT2D eigenvalue weighted by molar-refractivity contribution is 7.84. The predicted octanol–water partition coefficient (Wildman–Crippen LogP) is 3.40. The van der Waals surface area contributed by atoms with Crippen molar-refractivity contribution in [3.05, 3.63) is 70.5 Å². The minimum atomic E-state index is -1.05. The molecule has 1 aliphatic rings. The number of carbonyl (C=O) groups is 1. The molecule has 0 aliphatic heterocycles. The van der Waals surface area contributed by atoms with Gasteiger partial charge in [0.25, 0.3) is 0 Å². The van der Waals surface area contributed by atoms with Gasteiger partial charge < -0.3 is 15.2 Å². The Balaban J connectivity index is 1.90. The Morgan fingerprint density at radius 3 is 2.58 bits per heavy atom. The van der Waals surface area contributed by atoms with E-state index in [0.717, 1.165) is 32.7 Å². The highest BCUT2D eigenvalue weighted by atomic mass is 32.2. The number of rotatable bonds is 8. The Morgan fingerprint density at radius 2 is 1.94 bits per heavy atom. The third-order valence-corrected chi connectivity index (χ3v) is 6.14. The largest absolute Gasteiger partial charge is 0.389 e. The molecule has 1 amide bonds. The number of halogens is 1. The summed E-state index contributed by atoms with van der Waals surface area (Å²) in [6.45, 7) is 2.14. The lowest BCUT2D eigenvalue weighted by Crippen LogP contribution is -2.34. The first-order chi connectivity index (χ1) is 14.8. The van der Waals surface area contributed by atoms with E-state index < -0.39 is 16.9 Å². The fourth-order valence-electron chi connectivity index (χ4n) is 3.61. The summed E-state index contributed by atoms with van der Waals surface area (Å²) in [5.74, 6) is -0.619. The van der Waals surface area contributed by atoms with Gasteiger partial charge in [-0.1, -0.05) is 18.2 Å². The quantitative estimate of drug-likeness (QED) is 0.656. The summed E-state index contributed by atoms with van der Waals surface area (Å²) in [5.41, 5.74) is 5.06. The van der Waals surface area contributed by atoms with E-state index in [-0.39, 0.29) is 31.3 Å². The van der Waals surface area contributed by atoms with Crippen molar-refractivity contribution in [3.63, 3.8) is 0 Å². The Bertz CT molecular complexity index is 1060. The zero-order valence-corrected chi connectivity index (χ0v) is 18.6. The van der Waals surface area contributed by atoms with Crippen LogP contribution in [0.25, 0.3) is 17.2 Å². The lowest BCUT2D eigenvalue weighted by Gasteiger charge is -2.12. The van der Waals surface area contributed by atoms with Crippen LogP contribution in [0.4, 0.5) is 4.39 Å². The van der Waals surface area contributed by atoms with E-state index in [0.29, 0.717) is 5.56 Å². The van der Waals surface area contributed by atoms with Gasteiger partial charge in [0.15, 0.2) is 0 Å². The van der Waals surface area contributed by atoms with Crippen molar-refractivity contribution in [1.82, 2.24) is 5.32 Å². The van der Waals surface area contributed by atoms with Crippen LogP contribution < -0.4 is 5.32 Å². The summed E-state index contributed by atoms with van der Waals surface area (Å²) in [6, 6.07) is 12.0. The summed E-state index contributed by atoms with van der Waals surface area (Å²) in [4.78, 5) is 13.2. The molecule has 0 saturated heterocycles. The van der Waals surface area contributed by atoms with Crippen molar-refractivity contribution in [2.24, 2.45) is 0 Å². The predicted molar refractivity (Wildman–Crippen MR) is 121 cm³/mol. The molecular weight excluding hydrogens is 417 g/mol.